The van der Waals surface area contributed by atoms with Crippen molar-refractivity contribution >= 4 is 33.3 Å². The summed E-state index contributed by atoms with van der Waals surface area (Å²) in [6, 6.07) is 11.8. The second-order valence-corrected chi connectivity index (χ2v) is 9.46. The normalized spacial score (nSPS) is 12.4. The van der Waals surface area contributed by atoms with Gasteiger partial charge in [-0.2, -0.15) is 4.98 Å². The second-order valence-electron chi connectivity index (χ2n) is 7.27. The van der Waals surface area contributed by atoms with Crippen LogP contribution < -0.4 is 5.56 Å². The topological polar surface area (TPSA) is 97.8 Å². The number of benzene rings is 1. The van der Waals surface area contributed by atoms with Crippen LogP contribution in [0.3, 0.4) is 0 Å². The number of thiophene rings is 1. The van der Waals surface area contributed by atoms with E-state index in [4.69, 9.17) is 8.94 Å². The molecule has 0 aliphatic heterocycles. The van der Waals surface area contributed by atoms with E-state index in [1.807, 2.05) is 30.5 Å². The van der Waals surface area contributed by atoms with E-state index in [9.17, 15) is 4.79 Å². The van der Waals surface area contributed by atoms with Crippen LogP contribution in [0.25, 0.3) is 32.9 Å². The fourth-order valence-electron chi connectivity index (χ4n) is 3.37. The Morgan fingerprint density at radius 2 is 2.03 bits per heavy atom. The van der Waals surface area contributed by atoms with Gasteiger partial charge in [-0.25, -0.2) is 4.98 Å². The van der Waals surface area contributed by atoms with Crippen molar-refractivity contribution in [2.45, 2.75) is 31.3 Å². The first-order chi connectivity index (χ1) is 15.6. The van der Waals surface area contributed by atoms with Crippen LogP contribution >= 0.6 is 23.1 Å². The summed E-state index contributed by atoms with van der Waals surface area (Å²) in [5, 5.41) is 6.50. The number of H-pyrrole nitrogens is 1. The number of furan rings is 1. The number of hydrogen-bond donors (Lipinski definition) is 1. The SMILES string of the molecule is CCc1ccc(-c2noc(CS[C@@H](C)c3nc4scc(-c5ccco5)c4c(=O)[nH]3)n2)cc1. The zero-order chi connectivity index (χ0) is 22.1. The maximum atomic E-state index is 12.8. The smallest absolute Gasteiger partial charge is 0.260 e. The molecule has 0 saturated carbocycles. The molecule has 0 bridgehead atoms. The summed E-state index contributed by atoms with van der Waals surface area (Å²) < 4.78 is 10.9. The second kappa shape index (κ2) is 8.76. The highest BCUT2D eigenvalue weighted by Gasteiger charge is 2.18. The lowest BCUT2D eigenvalue weighted by Crippen LogP contribution is -2.12. The van der Waals surface area contributed by atoms with Crippen molar-refractivity contribution in [3.8, 4) is 22.7 Å². The first-order valence-electron chi connectivity index (χ1n) is 10.2. The van der Waals surface area contributed by atoms with Gasteiger partial charge in [0.05, 0.1) is 22.7 Å². The van der Waals surface area contributed by atoms with Crippen molar-refractivity contribution in [1.29, 1.82) is 0 Å². The monoisotopic (exact) mass is 464 g/mol. The van der Waals surface area contributed by atoms with Crippen LogP contribution in [0.1, 0.15) is 36.4 Å². The van der Waals surface area contributed by atoms with Gasteiger partial charge >= 0.3 is 0 Å². The van der Waals surface area contributed by atoms with Crippen molar-refractivity contribution < 1.29 is 8.94 Å². The maximum absolute atomic E-state index is 12.8. The predicted octanol–water partition coefficient (Wildman–Crippen LogP) is 5.85. The maximum Gasteiger partial charge on any atom is 0.260 e. The van der Waals surface area contributed by atoms with Gasteiger partial charge in [0.25, 0.3) is 5.56 Å². The van der Waals surface area contributed by atoms with Crippen molar-refractivity contribution in [3.05, 3.63) is 75.7 Å². The number of aromatic nitrogens is 4. The molecule has 162 valence electrons. The number of nitrogens with one attached hydrogen (secondary N) is 1. The molecule has 0 aliphatic carbocycles. The third-order valence-corrected chi connectivity index (χ3v) is 7.19. The molecule has 0 aliphatic rings. The minimum Gasteiger partial charge on any atom is -0.464 e. The van der Waals surface area contributed by atoms with Crippen LogP contribution in [0.4, 0.5) is 0 Å². The highest BCUT2D eigenvalue weighted by Crippen LogP contribution is 2.33. The molecule has 1 atom stereocenters. The molecule has 1 aromatic carbocycles. The van der Waals surface area contributed by atoms with E-state index in [2.05, 4.69) is 39.2 Å². The summed E-state index contributed by atoms with van der Waals surface area (Å²) in [5.41, 5.74) is 2.79. The van der Waals surface area contributed by atoms with Gasteiger partial charge in [0.1, 0.15) is 16.4 Å². The van der Waals surface area contributed by atoms with Gasteiger partial charge in [-0.05, 0) is 31.0 Å². The molecule has 32 heavy (non-hydrogen) atoms. The summed E-state index contributed by atoms with van der Waals surface area (Å²) in [5.74, 6) is 2.92. The molecular weight excluding hydrogens is 444 g/mol. The van der Waals surface area contributed by atoms with Gasteiger partial charge in [-0.1, -0.05) is 36.3 Å². The summed E-state index contributed by atoms with van der Waals surface area (Å²) in [6.07, 6.45) is 2.58. The highest BCUT2D eigenvalue weighted by molar-refractivity contribution is 7.98. The molecule has 4 heterocycles. The first-order valence-corrected chi connectivity index (χ1v) is 12.1. The van der Waals surface area contributed by atoms with Crippen molar-refractivity contribution in [1.82, 2.24) is 20.1 Å². The van der Waals surface area contributed by atoms with E-state index in [-0.39, 0.29) is 10.8 Å². The van der Waals surface area contributed by atoms with E-state index in [0.717, 1.165) is 17.5 Å². The van der Waals surface area contributed by atoms with Crippen LogP contribution in [0.2, 0.25) is 0 Å². The molecule has 9 heteroatoms. The van der Waals surface area contributed by atoms with Crippen molar-refractivity contribution in [2.75, 3.05) is 0 Å². The lowest BCUT2D eigenvalue weighted by atomic mass is 10.1. The molecule has 0 saturated heterocycles. The van der Waals surface area contributed by atoms with Crippen LogP contribution in [-0.2, 0) is 12.2 Å². The Morgan fingerprint density at radius 3 is 2.78 bits per heavy atom. The number of aryl methyl sites for hydroxylation is 1. The largest absolute Gasteiger partial charge is 0.464 e. The fraction of sp³-hybridized carbons (Fsp3) is 0.217. The number of aromatic amines is 1. The van der Waals surface area contributed by atoms with Gasteiger partial charge < -0.3 is 13.9 Å². The molecule has 5 rings (SSSR count). The Morgan fingerprint density at radius 1 is 1.19 bits per heavy atom. The van der Waals surface area contributed by atoms with E-state index >= 15 is 0 Å². The lowest BCUT2D eigenvalue weighted by Gasteiger charge is -2.09. The Bertz CT molecular complexity index is 1400. The van der Waals surface area contributed by atoms with Gasteiger partial charge in [0.15, 0.2) is 0 Å². The minimum absolute atomic E-state index is 0.0551. The average Bonchev–Trinajstić information content (AvgIpc) is 3.58. The third kappa shape index (κ3) is 4.01. The molecule has 1 N–H and O–H groups in total. The Balaban J connectivity index is 1.31. The summed E-state index contributed by atoms with van der Waals surface area (Å²) >= 11 is 3.01. The molecule has 0 spiro atoms. The fourth-order valence-corrected chi connectivity index (χ4v) is 5.08. The Labute approximate surface area is 191 Å². The van der Waals surface area contributed by atoms with E-state index < -0.39 is 0 Å². The van der Waals surface area contributed by atoms with Crippen LogP contribution in [0, 0.1) is 0 Å². The number of nitrogens with zero attached hydrogens (tertiary/aromatic N) is 3. The zero-order valence-corrected chi connectivity index (χ0v) is 19.1. The number of hydrogen-bond acceptors (Lipinski definition) is 8. The molecule has 0 fully saturated rings. The third-order valence-electron chi connectivity index (χ3n) is 5.18. The van der Waals surface area contributed by atoms with Crippen molar-refractivity contribution in [2.24, 2.45) is 0 Å². The first kappa shape index (κ1) is 20.7. The molecule has 0 amide bonds. The van der Waals surface area contributed by atoms with Crippen molar-refractivity contribution in [3.63, 3.8) is 0 Å². The minimum atomic E-state index is -0.166. The average molecular weight is 465 g/mol. The van der Waals surface area contributed by atoms with Crippen LogP contribution in [0.5, 0.6) is 0 Å². The molecule has 7 nitrogen and oxygen atoms in total. The lowest BCUT2D eigenvalue weighted by molar-refractivity contribution is 0.391. The molecule has 5 aromatic rings. The van der Waals surface area contributed by atoms with E-state index in [0.29, 0.717) is 39.3 Å². The standard InChI is InChI=1S/C23H20N4O3S2/c1-3-14-6-8-15(9-7-14)21-24-18(30-27-21)12-31-13(2)20-25-22(28)19-16(11-32-23(19)26-20)17-5-4-10-29-17/h4-11,13H,3,12H2,1-2H3,(H,25,26,28)/t13-/m0/s1. The van der Waals surface area contributed by atoms with Crippen LogP contribution in [0.15, 0.2) is 61.8 Å². The van der Waals surface area contributed by atoms with Gasteiger partial charge in [-0.3, -0.25) is 4.79 Å². The molecule has 0 radical (unpaired) electrons. The molecule has 0 unspecified atom stereocenters. The summed E-state index contributed by atoms with van der Waals surface area (Å²) in [4.78, 5) is 25.6. The van der Waals surface area contributed by atoms with E-state index in [1.165, 1.54) is 16.9 Å². The quantitative estimate of drug-likeness (QED) is 0.322. The Kier molecular flexibility index (Phi) is 5.67. The van der Waals surface area contributed by atoms with E-state index in [1.54, 1.807) is 24.1 Å². The number of thioether (sulfide) groups is 1. The number of rotatable bonds is 7. The zero-order valence-electron chi connectivity index (χ0n) is 17.5. The van der Waals surface area contributed by atoms with Gasteiger partial charge in [0.2, 0.25) is 11.7 Å². The highest BCUT2D eigenvalue weighted by atomic mass is 32.2. The number of fused-ring (bicyclic) bond motifs is 1. The summed E-state index contributed by atoms with van der Waals surface area (Å²) in [6.45, 7) is 4.12. The summed E-state index contributed by atoms with van der Waals surface area (Å²) in [7, 11) is 0. The molecule has 4 aromatic heterocycles. The Hall–Kier alpha value is -3.17. The van der Waals surface area contributed by atoms with Gasteiger partial charge in [0, 0.05) is 16.5 Å². The van der Waals surface area contributed by atoms with Crippen LogP contribution in [-0.4, -0.2) is 20.1 Å². The molecular formula is C23H20N4O3S2. The van der Waals surface area contributed by atoms with Gasteiger partial charge in [-0.15, -0.1) is 23.1 Å². The predicted molar refractivity (Wildman–Crippen MR) is 127 cm³/mol.